The molecule has 0 aliphatic carbocycles. The van der Waals surface area contributed by atoms with Crippen LogP contribution in [0.5, 0.6) is 0 Å². The van der Waals surface area contributed by atoms with Crippen LogP contribution in [-0.4, -0.2) is 223 Å². The first-order valence-corrected chi connectivity index (χ1v) is 23.4. The third-order valence-electron chi connectivity index (χ3n) is 9.39. The maximum absolute atomic E-state index is 12.1. The lowest BCUT2D eigenvalue weighted by atomic mass is 10.0. The van der Waals surface area contributed by atoms with E-state index >= 15 is 0 Å². The zero-order chi connectivity index (χ0) is 45.6. The zero-order valence-electron chi connectivity index (χ0n) is 37.3. The average Bonchev–Trinajstić information content (AvgIpc) is 3.95. The summed E-state index contributed by atoms with van der Waals surface area (Å²) in [4.78, 5) is 62.8. The molecule has 0 bridgehead atoms. The summed E-state index contributed by atoms with van der Waals surface area (Å²) in [7, 11) is 0. The van der Waals surface area contributed by atoms with E-state index in [0.29, 0.717) is 169 Å². The van der Waals surface area contributed by atoms with Gasteiger partial charge in [-0.3, -0.25) is 14.4 Å². The Morgan fingerprint density at radius 2 is 0.906 bits per heavy atom. The fourth-order valence-electron chi connectivity index (χ4n) is 6.11. The first-order valence-electron chi connectivity index (χ1n) is 22.4. The standard InChI is InChI=1S/C41H72N4O18S/c46-36(4-2-1-3-35-40-34(33-64-35)43-41(50)44-40)42-8-10-52-12-14-54-16-18-56-20-22-58-24-26-60-28-30-62-32-31-61-29-27-59-25-23-57-21-19-55-17-15-53-13-11-51-9-7-39(49)63-45-37(47)5-6-38(45)48/h34-35,40H,1-33H2,(H,42,46)(H2,43,44,50). The van der Waals surface area contributed by atoms with Gasteiger partial charge in [0.25, 0.3) is 11.8 Å². The van der Waals surface area contributed by atoms with Gasteiger partial charge in [0, 0.05) is 36.8 Å². The highest BCUT2D eigenvalue weighted by atomic mass is 32.2. The van der Waals surface area contributed by atoms with Crippen molar-refractivity contribution in [1.82, 2.24) is 21.0 Å². The minimum Gasteiger partial charge on any atom is -0.378 e. The zero-order valence-corrected chi connectivity index (χ0v) is 38.1. The van der Waals surface area contributed by atoms with Crippen LogP contribution in [0, 0.1) is 0 Å². The molecule has 3 saturated heterocycles. The molecular weight excluding hydrogens is 869 g/mol. The van der Waals surface area contributed by atoms with Crippen molar-refractivity contribution in [2.75, 3.05) is 171 Å². The van der Waals surface area contributed by atoms with Gasteiger partial charge in [0.15, 0.2) is 0 Å². The fourth-order valence-corrected chi connectivity index (χ4v) is 7.65. The minimum absolute atomic E-state index is 0.0345. The normalized spacial score (nSPS) is 18.2. The number of carbonyl (C=O) groups excluding carboxylic acids is 5. The number of fused-ring (bicyclic) bond motifs is 1. The number of rotatable bonds is 45. The van der Waals surface area contributed by atoms with Gasteiger partial charge in [-0.05, 0) is 12.8 Å². The molecule has 0 aromatic heterocycles. The maximum atomic E-state index is 12.1. The Balaban J connectivity index is 0.881. The second-order valence-corrected chi connectivity index (χ2v) is 15.6. The number of unbranched alkanes of at least 4 members (excludes halogenated alkanes) is 1. The van der Waals surface area contributed by atoms with Crippen LogP contribution < -0.4 is 16.0 Å². The molecule has 3 unspecified atom stereocenters. The Morgan fingerprint density at radius 3 is 1.33 bits per heavy atom. The van der Waals surface area contributed by atoms with E-state index in [1.807, 2.05) is 11.8 Å². The van der Waals surface area contributed by atoms with Crippen LogP contribution in [0.3, 0.4) is 0 Å². The Kier molecular flexibility index (Phi) is 33.3. The quantitative estimate of drug-likeness (QED) is 0.0414. The Morgan fingerprint density at radius 1 is 0.516 bits per heavy atom. The molecule has 3 aliphatic heterocycles. The number of amides is 5. The summed E-state index contributed by atoms with van der Waals surface area (Å²) in [6.45, 7) is 10.7. The van der Waals surface area contributed by atoms with Crippen LogP contribution in [0.15, 0.2) is 0 Å². The van der Waals surface area contributed by atoms with Crippen LogP contribution in [-0.2, 0) is 80.9 Å². The molecule has 0 spiro atoms. The molecule has 0 aromatic carbocycles. The SMILES string of the molecule is O=C(CCCCC1SCC2NC(=O)NC21)NCCOCCOCCOCCOCCOCCOCCOCCOCCOCCOCCOCCOCCC(=O)ON1C(=O)CCC1=O. The lowest BCUT2D eigenvalue weighted by Gasteiger charge is -2.16. The fraction of sp³-hybridized carbons (Fsp3) is 0.878. The summed E-state index contributed by atoms with van der Waals surface area (Å²) in [5, 5.41) is 9.78. The van der Waals surface area contributed by atoms with Crippen molar-refractivity contribution in [1.29, 1.82) is 0 Å². The number of thioether (sulfide) groups is 1. The Labute approximate surface area is 380 Å². The summed E-state index contributed by atoms with van der Waals surface area (Å²) >= 11 is 1.90. The van der Waals surface area contributed by atoms with Gasteiger partial charge in [0.05, 0.1) is 177 Å². The number of hydrogen-bond acceptors (Lipinski definition) is 19. The molecule has 3 aliphatic rings. The highest BCUT2D eigenvalue weighted by Gasteiger charge is 2.42. The van der Waals surface area contributed by atoms with Crippen molar-refractivity contribution in [2.24, 2.45) is 0 Å². The summed E-state index contributed by atoms with van der Waals surface area (Å²) in [5.74, 6) is -0.746. The van der Waals surface area contributed by atoms with Gasteiger partial charge >= 0.3 is 12.0 Å². The predicted molar refractivity (Wildman–Crippen MR) is 229 cm³/mol. The van der Waals surface area contributed by atoms with E-state index in [2.05, 4.69) is 16.0 Å². The van der Waals surface area contributed by atoms with Gasteiger partial charge in [-0.25, -0.2) is 9.59 Å². The van der Waals surface area contributed by atoms with E-state index < -0.39 is 17.8 Å². The first kappa shape index (κ1) is 55.5. The third-order valence-corrected chi connectivity index (χ3v) is 10.9. The van der Waals surface area contributed by atoms with Crippen molar-refractivity contribution in [3.8, 4) is 0 Å². The maximum Gasteiger partial charge on any atom is 0.335 e. The molecule has 370 valence electrons. The number of urea groups is 1. The third kappa shape index (κ3) is 28.3. The second kappa shape index (κ2) is 38.3. The number of carbonyl (C=O) groups is 5. The van der Waals surface area contributed by atoms with Crippen LogP contribution >= 0.6 is 11.8 Å². The highest BCUT2D eigenvalue weighted by molar-refractivity contribution is 8.00. The molecule has 3 atom stereocenters. The van der Waals surface area contributed by atoms with Crippen LogP contribution in [0.25, 0.3) is 0 Å². The summed E-state index contributed by atoms with van der Waals surface area (Å²) in [6, 6.07) is 0.384. The molecule has 3 N–H and O–H groups in total. The molecule has 23 heteroatoms. The minimum atomic E-state index is -0.704. The molecule has 3 heterocycles. The van der Waals surface area contributed by atoms with E-state index in [1.165, 1.54) is 0 Å². The van der Waals surface area contributed by atoms with Gasteiger partial charge in [-0.15, -0.1) is 5.06 Å². The van der Waals surface area contributed by atoms with E-state index in [9.17, 15) is 24.0 Å². The molecule has 3 rings (SSSR count). The van der Waals surface area contributed by atoms with Gasteiger partial charge in [-0.2, -0.15) is 11.8 Å². The van der Waals surface area contributed by atoms with Gasteiger partial charge < -0.3 is 77.6 Å². The summed E-state index contributed by atoms with van der Waals surface area (Å²) < 4.78 is 65.5. The smallest absolute Gasteiger partial charge is 0.335 e. The van der Waals surface area contributed by atoms with E-state index in [0.717, 1.165) is 25.0 Å². The number of ether oxygens (including phenoxy) is 12. The average molecular weight is 941 g/mol. The lowest BCUT2D eigenvalue weighted by molar-refractivity contribution is -0.198. The topological polar surface area (TPSA) is 245 Å². The molecular formula is C41H72N4O18S. The van der Waals surface area contributed by atoms with Crippen molar-refractivity contribution in [3.05, 3.63) is 0 Å². The van der Waals surface area contributed by atoms with Crippen LogP contribution in [0.4, 0.5) is 4.79 Å². The Hall–Kier alpha value is -2.78. The number of hydroxylamine groups is 2. The van der Waals surface area contributed by atoms with E-state index in [4.69, 9.17) is 61.7 Å². The second-order valence-electron chi connectivity index (χ2n) is 14.4. The number of hydrogen-bond donors (Lipinski definition) is 3. The molecule has 22 nitrogen and oxygen atoms in total. The number of imide groups is 1. The van der Waals surface area contributed by atoms with Gasteiger partial charge in [-0.1, -0.05) is 6.42 Å². The summed E-state index contributed by atoms with van der Waals surface area (Å²) in [6.07, 6.45) is 3.33. The summed E-state index contributed by atoms with van der Waals surface area (Å²) in [5.41, 5.74) is 0. The van der Waals surface area contributed by atoms with Crippen molar-refractivity contribution >= 4 is 41.5 Å². The van der Waals surface area contributed by atoms with Crippen molar-refractivity contribution in [2.45, 2.75) is 62.3 Å². The first-order chi connectivity index (χ1) is 31.4. The lowest BCUT2D eigenvalue weighted by Crippen LogP contribution is -2.36. The van der Waals surface area contributed by atoms with Crippen LogP contribution in [0.2, 0.25) is 0 Å². The molecule has 0 radical (unpaired) electrons. The highest BCUT2D eigenvalue weighted by Crippen LogP contribution is 2.33. The number of nitrogens with zero attached hydrogens (tertiary/aromatic N) is 1. The van der Waals surface area contributed by atoms with Crippen molar-refractivity contribution in [3.63, 3.8) is 0 Å². The molecule has 0 aromatic rings. The largest absolute Gasteiger partial charge is 0.378 e. The van der Waals surface area contributed by atoms with Crippen molar-refractivity contribution < 1.29 is 85.7 Å². The predicted octanol–water partition coefficient (Wildman–Crippen LogP) is 0.0249. The number of nitrogens with one attached hydrogen (secondary N) is 3. The van der Waals surface area contributed by atoms with E-state index in [-0.39, 0.29) is 56.5 Å². The Bertz CT molecular complexity index is 1250. The molecule has 0 saturated carbocycles. The molecule has 3 fully saturated rings. The van der Waals surface area contributed by atoms with Gasteiger partial charge in [0.1, 0.15) is 0 Å². The van der Waals surface area contributed by atoms with Crippen LogP contribution in [0.1, 0.15) is 44.9 Å². The monoisotopic (exact) mass is 940 g/mol. The molecule has 5 amide bonds. The van der Waals surface area contributed by atoms with Gasteiger partial charge in [0.2, 0.25) is 5.91 Å². The van der Waals surface area contributed by atoms with E-state index in [1.54, 1.807) is 0 Å². The molecule has 64 heavy (non-hydrogen) atoms.